The van der Waals surface area contributed by atoms with E-state index in [0.717, 1.165) is 55.9 Å². The van der Waals surface area contributed by atoms with Gasteiger partial charge < -0.3 is 10.2 Å². The molecule has 1 unspecified atom stereocenters. The van der Waals surface area contributed by atoms with Crippen LogP contribution < -0.4 is 5.32 Å². The summed E-state index contributed by atoms with van der Waals surface area (Å²) >= 11 is 0. The van der Waals surface area contributed by atoms with Crippen LogP contribution in [0.25, 0.3) is 0 Å². The van der Waals surface area contributed by atoms with Crippen LogP contribution in [-0.2, 0) is 37.1 Å². The van der Waals surface area contributed by atoms with Crippen LogP contribution in [0.3, 0.4) is 0 Å². The second-order valence-electron chi connectivity index (χ2n) is 8.21. The highest BCUT2D eigenvalue weighted by Gasteiger charge is 2.25. The number of hydrogen-bond acceptors (Lipinski definition) is 5. The lowest BCUT2D eigenvalue weighted by atomic mass is 9.98. The maximum absolute atomic E-state index is 12.8. The molecule has 5 rings (SSSR count). The van der Waals surface area contributed by atoms with E-state index in [1.54, 1.807) is 0 Å². The standard InChI is InChI=1S/C21H28N6O/c28-20(8-11-27-19-6-2-1-4-15(19)13-24-27)26-10-7-17-16(14-26)12-23-21(25-17)18-5-3-9-22-18/h12-13,18,22H,1-11,14H2. The van der Waals surface area contributed by atoms with Crippen LogP contribution in [0.5, 0.6) is 0 Å². The number of carbonyl (C=O) groups excluding carboxylic acids is 1. The fraction of sp³-hybridized carbons (Fsp3) is 0.619. The summed E-state index contributed by atoms with van der Waals surface area (Å²) < 4.78 is 2.05. The summed E-state index contributed by atoms with van der Waals surface area (Å²) in [6.07, 6.45) is 12.3. The van der Waals surface area contributed by atoms with Gasteiger partial charge >= 0.3 is 0 Å². The number of nitrogens with one attached hydrogen (secondary N) is 1. The highest BCUT2D eigenvalue weighted by molar-refractivity contribution is 5.76. The number of carbonyl (C=O) groups is 1. The summed E-state index contributed by atoms with van der Waals surface area (Å²) in [5.74, 6) is 1.12. The zero-order valence-corrected chi connectivity index (χ0v) is 16.4. The van der Waals surface area contributed by atoms with Gasteiger partial charge in [-0.15, -0.1) is 0 Å². The molecule has 2 aromatic rings. The number of rotatable bonds is 4. The molecule has 28 heavy (non-hydrogen) atoms. The van der Waals surface area contributed by atoms with Crippen molar-refractivity contribution in [2.45, 2.75) is 70.5 Å². The molecule has 0 radical (unpaired) electrons. The minimum absolute atomic E-state index is 0.201. The van der Waals surface area contributed by atoms with Gasteiger partial charge in [0.2, 0.25) is 5.91 Å². The van der Waals surface area contributed by atoms with E-state index < -0.39 is 0 Å². The summed E-state index contributed by atoms with van der Waals surface area (Å²) in [4.78, 5) is 24.1. The summed E-state index contributed by atoms with van der Waals surface area (Å²) in [5.41, 5.74) is 4.92. The number of amides is 1. The second-order valence-corrected chi connectivity index (χ2v) is 8.21. The van der Waals surface area contributed by atoms with Crippen LogP contribution in [0.1, 0.15) is 66.5 Å². The molecule has 2 aliphatic heterocycles. The monoisotopic (exact) mass is 380 g/mol. The van der Waals surface area contributed by atoms with Crippen molar-refractivity contribution in [1.29, 1.82) is 0 Å². The largest absolute Gasteiger partial charge is 0.338 e. The lowest BCUT2D eigenvalue weighted by molar-refractivity contribution is -0.132. The quantitative estimate of drug-likeness (QED) is 0.877. The maximum atomic E-state index is 12.8. The van der Waals surface area contributed by atoms with Crippen molar-refractivity contribution in [3.8, 4) is 0 Å². The van der Waals surface area contributed by atoms with E-state index in [1.165, 1.54) is 30.5 Å². The number of aromatic nitrogens is 4. The van der Waals surface area contributed by atoms with E-state index in [1.807, 2.05) is 22.0 Å². The molecular formula is C21H28N6O. The number of hydrogen-bond donors (Lipinski definition) is 1. The highest BCUT2D eigenvalue weighted by atomic mass is 16.2. The van der Waals surface area contributed by atoms with Gasteiger partial charge in [-0.2, -0.15) is 5.10 Å². The van der Waals surface area contributed by atoms with E-state index >= 15 is 0 Å². The van der Waals surface area contributed by atoms with Crippen LogP contribution in [0.2, 0.25) is 0 Å². The van der Waals surface area contributed by atoms with Crippen molar-refractivity contribution in [2.24, 2.45) is 0 Å². The topological polar surface area (TPSA) is 75.9 Å². The molecule has 0 saturated carbocycles. The molecule has 1 atom stereocenters. The molecule has 1 aliphatic carbocycles. The van der Waals surface area contributed by atoms with Gasteiger partial charge in [-0.05, 0) is 50.6 Å². The first-order chi connectivity index (χ1) is 13.8. The second kappa shape index (κ2) is 7.62. The summed E-state index contributed by atoms with van der Waals surface area (Å²) in [6.45, 7) is 3.11. The van der Waals surface area contributed by atoms with Gasteiger partial charge in [-0.3, -0.25) is 9.48 Å². The van der Waals surface area contributed by atoms with E-state index in [-0.39, 0.29) is 5.91 Å². The van der Waals surface area contributed by atoms with Gasteiger partial charge in [0, 0.05) is 49.9 Å². The minimum Gasteiger partial charge on any atom is -0.338 e. The molecule has 0 bridgehead atoms. The fourth-order valence-electron chi connectivity index (χ4n) is 4.73. The van der Waals surface area contributed by atoms with E-state index in [9.17, 15) is 4.79 Å². The van der Waals surface area contributed by atoms with Crippen LogP contribution in [-0.4, -0.2) is 43.6 Å². The van der Waals surface area contributed by atoms with Gasteiger partial charge in [-0.1, -0.05) is 0 Å². The third-order valence-electron chi connectivity index (χ3n) is 6.36. The van der Waals surface area contributed by atoms with Crippen LogP contribution in [0.4, 0.5) is 0 Å². The zero-order chi connectivity index (χ0) is 18.9. The normalized spacial score (nSPS) is 21.4. The molecule has 1 fully saturated rings. The van der Waals surface area contributed by atoms with Crippen molar-refractivity contribution < 1.29 is 4.79 Å². The lowest BCUT2D eigenvalue weighted by Crippen LogP contribution is -2.37. The third kappa shape index (κ3) is 3.43. The van der Waals surface area contributed by atoms with Crippen LogP contribution >= 0.6 is 0 Å². The van der Waals surface area contributed by atoms with Gasteiger partial charge in [0.05, 0.1) is 17.9 Å². The average molecular weight is 380 g/mol. The molecule has 7 heteroatoms. The number of fused-ring (bicyclic) bond motifs is 2. The van der Waals surface area contributed by atoms with Gasteiger partial charge in [0.25, 0.3) is 0 Å². The Morgan fingerprint density at radius 2 is 2.07 bits per heavy atom. The van der Waals surface area contributed by atoms with E-state index in [0.29, 0.717) is 25.6 Å². The Balaban J connectivity index is 1.21. The Kier molecular flexibility index (Phi) is 4.84. The highest BCUT2D eigenvalue weighted by Crippen LogP contribution is 2.24. The fourth-order valence-corrected chi connectivity index (χ4v) is 4.73. The Bertz CT molecular complexity index is 870. The van der Waals surface area contributed by atoms with Crippen LogP contribution in [0.15, 0.2) is 12.4 Å². The lowest BCUT2D eigenvalue weighted by Gasteiger charge is -2.28. The van der Waals surface area contributed by atoms with Crippen molar-refractivity contribution in [2.75, 3.05) is 13.1 Å². The molecule has 1 saturated heterocycles. The molecule has 1 N–H and O–H groups in total. The maximum Gasteiger partial charge on any atom is 0.224 e. The Hall–Kier alpha value is -2.28. The van der Waals surface area contributed by atoms with Gasteiger partial charge in [0.15, 0.2) is 0 Å². The molecule has 148 valence electrons. The minimum atomic E-state index is 0.201. The average Bonchev–Trinajstić information content (AvgIpc) is 3.41. The van der Waals surface area contributed by atoms with Crippen LogP contribution in [0, 0.1) is 0 Å². The molecule has 4 heterocycles. The Morgan fingerprint density at radius 1 is 1.14 bits per heavy atom. The first kappa shape index (κ1) is 17.8. The predicted octanol–water partition coefficient (Wildman–Crippen LogP) is 1.95. The van der Waals surface area contributed by atoms with Crippen molar-refractivity contribution in [3.63, 3.8) is 0 Å². The first-order valence-corrected chi connectivity index (χ1v) is 10.7. The SMILES string of the molecule is O=C(CCn1ncc2c1CCCC2)N1CCc2nc(C3CCCN3)ncc2C1. The summed E-state index contributed by atoms with van der Waals surface area (Å²) in [6, 6.07) is 0.296. The summed E-state index contributed by atoms with van der Waals surface area (Å²) in [5, 5.41) is 7.98. The molecule has 2 aromatic heterocycles. The molecular weight excluding hydrogens is 352 g/mol. The number of nitrogens with zero attached hydrogens (tertiary/aromatic N) is 5. The smallest absolute Gasteiger partial charge is 0.224 e. The van der Waals surface area contributed by atoms with Crippen molar-refractivity contribution in [3.05, 3.63) is 40.7 Å². The van der Waals surface area contributed by atoms with Gasteiger partial charge in [-0.25, -0.2) is 9.97 Å². The van der Waals surface area contributed by atoms with E-state index in [4.69, 9.17) is 4.98 Å². The van der Waals surface area contributed by atoms with E-state index in [2.05, 4.69) is 15.4 Å². The zero-order valence-electron chi connectivity index (χ0n) is 16.4. The van der Waals surface area contributed by atoms with Crippen molar-refractivity contribution >= 4 is 5.91 Å². The molecule has 0 spiro atoms. The summed E-state index contributed by atoms with van der Waals surface area (Å²) in [7, 11) is 0. The predicted molar refractivity (Wildman–Crippen MR) is 105 cm³/mol. The van der Waals surface area contributed by atoms with Crippen molar-refractivity contribution in [1.82, 2.24) is 30.0 Å². The Morgan fingerprint density at radius 3 is 2.96 bits per heavy atom. The molecule has 3 aliphatic rings. The first-order valence-electron chi connectivity index (χ1n) is 10.7. The molecule has 7 nitrogen and oxygen atoms in total. The number of aryl methyl sites for hydroxylation is 2. The Labute approximate surface area is 165 Å². The third-order valence-corrected chi connectivity index (χ3v) is 6.36. The molecule has 1 amide bonds. The van der Waals surface area contributed by atoms with Gasteiger partial charge in [0.1, 0.15) is 5.82 Å². The molecule has 0 aromatic carbocycles.